The molecule has 4 nitrogen and oxygen atoms in total. The van der Waals surface area contributed by atoms with Gasteiger partial charge in [0, 0.05) is 24.5 Å². The van der Waals surface area contributed by atoms with Crippen LogP contribution in [0.25, 0.3) is 0 Å². The fraction of sp³-hybridized carbons (Fsp3) is 0.923. The number of hydrogen-bond acceptors (Lipinski definition) is 3. The summed E-state index contributed by atoms with van der Waals surface area (Å²) in [5.74, 6) is 0.215. The molecule has 1 aliphatic carbocycles. The van der Waals surface area contributed by atoms with Crippen LogP contribution in [0.1, 0.15) is 39.0 Å². The minimum absolute atomic E-state index is 0.0729. The number of nitrogens with one attached hydrogen (secondary N) is 1. The molecule has 0 spiro atoms. The Kier molecular flexibility index (Phi) is 4.05. The van der Waals surface area contributed by atoms with E-state index in [0.717, 1.165) is 38.9 Å². The predicted octanol–water partition coefficient (Wildman–Crippen LogP) is 0.749. The van der Waals surface area contributed by atoms with Crippen molar-refractivity contribution in [3.63, 3.8) is 0 Å². The number of rotatable bonds is 5. The van der Waals surface area contributed by atoms with E-state index >= 15 is 0 Å². The third-order valence-electron chi connectivity index (χ3n) is 4.18. The molecule has 1 heterocycles. The molecule has 0 aromatic rings. The highest BCUT2D eigenvalue weighted by molar-refractivity contribution is 5.84. The van der Waals surface area contributed by atoms with E-state index in [-0.39, 0.29) is 17.9 Å². The second-order valence-corrected chi connectivity index (χ2v) is 5.68. The second kappa shape index (κ2) is 5.36. The van der Waals surface area contributed by atoms with Crippen molar-refractivity contribution in [3.05, 3.63) is 0 Å². The van der Waals surface area contributed by atoms with E-state index in [2.05, 4.69) is 10.2 Å². The SMILES string of the molecule is CC1(C(=O)NCC2CCCCN2CCO)CC1. The number of aliphatic hydroxyl groups is 1. The first-order valence-electron chi connectivity index (χ1n) is 6.79. The predicted molar refractivity (Wildman–Crippen MR) is 66.6 cm³/mol. The molecule has 0 aromatic heterocycles. The van der Waals surface area contributed by atoms with Crippen molar-refractivity contribution in [2.75, 3.05) is 26.2 Å². The van der Waals surface area contributed by atoms with Crippen LogP contribution in [-0.4, -0.2) is 48.2 Å². The minimum Gasteiger partial charge on any atom is -0.395 e. The smallest absolute Gasteiger partial charge is 0.225 e. The molecular formula is C13H24N2O2. The Labute approximate surface area is 103 Å². The van der Waals surface area contributed by atoms with E-state index in [1.165, 1.54) is 12.8 Å². The largest absolute Gasteiger partial charge is 0.395 e. The Morgan fingerprint density at radius 1 is 1.47 bits per heavy atom. The van der Waals surface area contributed by atoms with Gasteiger partial charge >= 0.3 is 0 Å². The summed E-state index contributed by atoms with van der Waals surface area (Å²) in [5, 5.41) is 12.1. The van der Waals surface area contributed by atoms with Gasteiger partial charge in [-0.05, 0) is 32.2 Å². The van der Waals surface area contributed by atoms with Gasteiger partial charge < -0.3 is 10.4 Å². The number of piperidine rings is 1. The normalized spacial score (nSPS) is 27.8. The van der Waals surface area contributed by atoms with Crippen LogP contribution in [0.4, 0.5) is 0 Å². The third kappa shape index (κ3) is 3.19. The maximum absolute atomic E-state index is 11.9. The van der Waals surface area contributed by atoms with Gasteiger partial charge in [0.2, 0.25) is 5.91 Å². The highest BCUT2D eigenvalue weighted by atomic mass is 16.3. The Morgan fingerprint density at radius 2 is 2.24 bits per heavy atom. The summed E-state index contributed by atoms with van der Waals surface area (Å²) in [4.78, 5) is 14.2. The summed E-state index contributed by atoms with van der Waals surface area (Å²) < 4.78 is 0. The molecule has 0 bridgehead atoms. The van der Waals surface area contributed by atoms with E-state index in [1.54, 1.807) is 0 Å². The number of likely N-dealkylation sites (tertiary alicyclic amines) is 1. The number of nitrogens with zero attached hydrogens (tertiary/aromatic N) is 1. The van der Waals surface area contributed by atoms with Crippen molar-refractivity contribution < 1.29 is 9.90 Å². The summed E-state index contributed by atoms with van der Waals surface area (Å²) in [6.45, 7) is 4.78. The lowest BCUT2D eigenvalue weighted by Crippen LogP contribution is -2.48. The van der Waals surface area contributed by atoms with Crippen molar-refractivity contribution in [1.82, 2.24) is 10.2 Å². The zero-order valence-corrected chi connectivity index (χ0v) is 10.7. The van der Waals surface area contributed by atoms with E-state index < -0.39 is 0 Å². The second-order valence-electron chi connectivity index (χ2n) is 5.68. The standard InChI is InChI=1S/C13H24N2O2/c1-13(5-6-13)12(17)14-10-11-4-2-3-7-15(11)8-9-16/h11,16H,2-10H2,1H3,(H,14,17). The van der Waals surface area contributed by atoms with Crippen LogP contribution in [0, 0.1) is 5.41 Å². The summed E-state index contributed by atoms with van der Waals surface area (Å²) in [6.07, 6.45) is 5.65. The molecule has 2 N–H and O–H groups in total. The van der Waals surface area contributed by atoms with Crippen molar-refractivity contribution in [3.8, 4) is 0 Å². The molecule has 2 rings (SSSR count). The number of carbonyl (C=O) groups is 1. The number of hydrogen-bond donors (Lipinski definition) is 2. The molecule has 17 heavy (non-hydrogen) atoms. The van der Waals surface area contributed by atoms with Crippen LogP contribution in [-0.2, 0) is 4.79 Å². The van der Waals surface area contributed by atoms with Gasteiger partial charge in [0.05, 0.1) is 6.61 Å². The lowest BCUT2D eigenvalue weighted by Gasteiger charge is -2.35. The van der Waals surface area contributed by atoms with Crippen LogP contribution in [0.5, 0.6) is 0 Å². The maximum Gasteiger partial charge on any atom is 0.225 e. The van der Waals surface area contributed by atoms with Gasteiger partial charge in [0.1, 0.15) is 0 Å². The molecule has 0 radical (unpaired) electrons. The molecule has 98 valence electrons. The van der Waals surface area contributed by atoms with E-state index in [4.69, 9.17) is 5.11 Å². The van der Waals surface area contributed by atoms with Crippen molar-refractivity contribution in [2.24, 2.45) is 5.41 Å². The van der Waals surface area contributed by atoms with Gasteiger partial charge in [-0.3, -0.25) is 9.69 Å². The summed E-state index contributed by atoms with van der Waals surface area (Å²) >= 11 is 0. The molecule has 1 saturated heterocycles. The summed E-state index contributed by atoms with van der Waals surface area (Å²) in [6, 6.07) is 0.419. The molecule has 0 aromatic carbocycles. The molecule has 2 fully saturated rings. The first-order chi connectivity index (χ1) is 8.15. The minimum atomic E-state index is -0.0729. The number of carbonyl (C=O) groups excluding carboxylic acids is 1. The van der Waals surface area contributed by atoms with Gasteiger partial charge in [-0.1, -0.05) is 13.3 Å². The van der Waals surface area contributed by atoms with Crippen LogP contribution in [0.2, 0.25) is 0 Å². The van der Waals surface area contributed by atoms with Gasteiger partial charge in [-0.25, -0.2) is 0 Å². The van der Waals surface area contributed by atoms with Crippen molar-refractivity contribution in [1.29, 1.82) is 0 Å². The monoisotopic (exact) mass is 240 g/mol. The average molecular weight is 240 g/mol. The molecule has 1 unspecified atom stereocenters. The molecular weight excluding hydrogens is 216 g/mol. The van der Waals surface area contributed by atoms with E-state index in [9.17, 15) is 4.79 Å². The first kappa shape index (κ1) is 12.8. The topological polar surface area (TPSA) is 52.6 Å². The fourth-order valence-corrected chi connectivity index (χ4v) is 2.55. The zero-order valence-electron chi connectivity index (χ0n) is 10.7. The maximum atomic E-state index is 11.9. The lowest BCUT2D eigenvalue weighted by molar-refractivity contribution is -0.126. The quantitative estimate of drug-likeness (QED) is 0.745. The zero-order chi connectivity index (χ0) is 12.3. The van der Waals surface area contributed by atoms with Gasteiger partial charge in [0.15, 0.2) is 0 Å². The molecule has 2 aliphatic rings. The Morgan fingerprint density at radius 3 is 2.88 bits per heavy atom. The van der Waals surface area contributed by atoms with Crippen LogP contribution in [0.3, 0.4) is 0 Å². The molecule has 4 heteroatoms. The van der Waals surface area contributed by atoms with Gasteiger partial charge in [0.25, 0.3) is 0 Å². The molecule has 1 amide bonds. The van der Waals surface area contributed by atoms with E-state index in [1.807, 2.05) is 6.92 Å². The molecule has 1 aliphatic heterocycles. The highest BCUT2D eigenvalue weighted by Crippen LogP contribution is 2.44. The Bertz CT molecular complexity index is 275. The van der Waals surface area contributed by atoms with Crippen LogP contribution < -0.4 is 5.32 Å². The number of β-amino-alcohol motifs (C(OH)–C–C–N with tert-alkyl or cyclic N) is 1. The Hall–Kier alpha value is -0.610. The summed E-state index contributed by atoms with van der Waals surface area (Å²) in [7, 11) is 0. The molecule has 1 saturated carbocycles. The number of amides is 1. The van der Waals surface area contributed by atoms with Crippen LogP contribution in [0.15, 0.2) is 0 Å². The third-order valence-corrected chi connectivity index (χ3v) is 4.18. The Balaban J connectivity index is 1.77. The summed E-state index contributed by atoms with van der Waals surface area (Å²) in [5.41, 5.74) is -0.0729. The van der Waals surface area contributed by atoms with Gasteiger partial charge in [-0.15, -0.1) is 0 Å². The highest BCUT2D eigenvalue weighted by Gasteiger charge is 2.44. The number of aliphatic hydroxyl groups excluding tert-OH is 1. The van der Waals surface area contributed by atoms with E-state index in [0.29, 0.717) is 6.04 Å². The van der Waals surface area contributed by atoms with Gasteiger partial charge in [-0.2, -0.15) is 0 Å². The average Bonchev–Trinajstić information content (AvgIpc) is 3.08. The molecule has 1 atom stereocenters. The van der Waals surface area contributed by atoms with Crippen molar-refractivity contribution >= 4 is 5.91 Å². The van der Waals surface area contributed by atoms with Crippen molar-refractivity contribution in [2.45, 2.75) is 45.1 Å². The lowest BCUT2D eigenvalue weighted by atomic mass is 10.0. The first-order valence-corrected chi connectivity index (χ1v) is 6.79. The van der Waals surface area contributed by atoms with Crippen LogP contribution >= 0.6 is 0 Å². The fourth-order valence-electron chi connectivity index (χ4n) is 2.55.